The highest BCUT2D eigenvalue weighted by Gasteiger charge is 2.25. The SMILES string of the molecule is CC(C)COC(=O)N1CCN(CC(=O)Nc2ccc(Cl)c(N=C3NC(=O)C(=Cc4ccc5ncccc5c4)S3)c2)CC1. The first-order valence-corrected chi connectivity index (χ1v) is 14.8. The van der Waals surface area contributed by atoms with Gasteiger partial charge in [0.25, 0.3) is 5.91 Å². The van der Waals surface area contributed by atoms with E-state index in [1.54, 1.807) is 29.3 Å². The quantitative estimate of drug-likeness (QED) is 0.358. The maximum Gasteiger partial charge on any atom is 0.409 e. The van der Waals surface area contributed by atoms with Crippen molar-refractivity contribution >= 4 is 74.8 Å². The van der Waals surface area contributed by atoms with Crippen LogP contribution in [-0.2, 0) is 14.3 Å². The van der Waals surface area contributed by atoms with Crippen molar-refractivity contribution in [1.82, 2.24) is 20.1 Å². The zero-order valence-corrected chi connectivity index (χ0v) is 24.9. The van der Waals surface area contributed by atoms with Crippen molar-refractivity contribution in [3.63, 3.8) is 0 Å². The summed E-state index contributed by atoms with van der Waals surface area (Å²) in [5, 5.41) is 7.43. The lowest BCUT2D eigenvalue weighted by atomic mass is 10.1. The Kier molecular flexibility index (Phi) is 9.41. The van der Waals surface area contributed by atoms with Crippen molar-refractivity contribution in [1.29, 1.82) is 0 Å². The van der Waals surface area contributed by atoms with Crippen LogP contribution in [0.15, 0.2) is 64.6 Å². The Labute approximate surface area is 253 Å². The predicted octanol–water partition coefficient (Wildman–Crippen LogP) is 5.13. The number of fused-ring (bicyclic) bond motifs is 1. The Morgan fingerprint density at radius 3 is 2.76 bits per heavy atom. The Bertz CT molecular complexity index is 1570. The number of amides is 3. The van der Waals surface area contributed by atoms with Crippen LogP contribution in [0.2, 0.25) is 5.02 Å². The highest BCUT2D eigenvalue weighted by atomic mass is 35.5. The lowest BCUT2D eigenvalue weighted by Crippen LogP contribution is -2.50. The van der Waals surface area contributed by atoms with Crippen molar-refractivity contribution in [2.75, 3.05) is 44.6 Å². The van der Waals surface area contributed by atoms with Crippen LogP contribution < -0.4 is 10.6 Å². The van der Waals surface area contributed by atoms with E-state index in [0.717, 1.165) is 16.5 Å². The number of hydrogen-bond acceptors (Lipinski definition) is 8. The number of amidine groups is 1. The van der Waals surface area contributed by atoms with Crippen LogP contribution in [0.25, 0.3) is 17.0 Å². The van der Waals surface area contributed by atoms with E-state index in [-0.39, 0.29) is 30.4 Å². The topological polar surface area (TPSA) is 116 Å². The summed E-state index contributed by atoms with van der Waals surface area (Å²) in [6.45, 7) is 6.72. The van der Waals surface area contributed by atoms with Gasteiger partial charge in [-0.3, -0.25) is 19.5 Å². The Morgan fingerprint density at radius 1 is 1.17 bits per heavy atom. The lowest BCUT2D eigenvalue weighted by molar-refractivity contribution is -0.117. The van der Waals surface area contributed by atoms with Gasteiger partial charge in [-0.1, -0.05) is 37.6 Å². The number of nitrogens with one attached hydrogen (secondary N) is 2. The largest absolute Gasteiger partial charge is 0.449 e. The molecule has 2 fully saturated rings. The van der Waals surface area contributed by atoms with E-state index in [4.69, 9.17) is 16.3 Å². The van der Waals surface area contributed by atoms with Crippen LogP contribution in [0.3, 0.4) is 0 Å². The summed E-state index contributed by atoms with van der Waals surface area (Å²) >= 11 is 7.61. The van der Waals surface area contributed by atoms with Gasteiger partial charge in [-0.15, -0.1) is 0 Å². The molecule has 5 rings (SSSR count). The molecule has 12 heteroatoms. The van der Waals surface area contributed by atoms with Crippen LogP contribution in [0, 0.1) is 5.92 Å². The molecule has 2 saturated heterocycles. The van der Waals surface area contributed by atoms with Crippen LogP contribution in [0.1, 0.15) is 19.4 Å². The van der Waals surface area contributed by atoms with Crippen molar-refractivity contribution in [3.8, 4) is 0 Å². The molecular formula is C30H31ClN6O4S. The zero-order chi connectivity index (χ0) is 29.6. The average molecular weight is 607 g/mol. The molecule has 10 nitrogen and oxygen atoms in total. The second kappa shape index (κ2) is 13.4. The number of aliphatic imine (C=N–C) groups is 1. The molecule has 0 radical (unpaired) electrons. The maximum atomic E-state index is 12.8. The van der Waals surface area contributed by atoms with Gasteiger partial charge in [0.1, 0.15) is 0 Å². The van der Waals surface area contributed by atoms with E-state index in [1.807, 2.05) is 55.2 Å². The van der Waals surface area contributed by atoms with Crippen molar-refractivity contribution in [2.24, 2.45) is 10.9 Å². The predicted molar refractivity (Wildman–Crippen MR) is 167 cm³/mol. The third-order valence-corrected chi connectivity index (χ3v) is 7.79. The minimum Gasteiger partial charge on any atom is -0.449 e. The minimum absolute atomic E-state index is 0.187. The van der Waals surface area contributed by atoms with E-state index in [2.05, 4.69) is 20.6 Å². The average Bonchev–Trinajstić information content (AvgIpc) is 3.31. The van der Waals surface area contributed by atoms with Gasteiger partial charge in [-0.05, 0) is 65.7 Å². The molecule has 0 bridgehead atoms. The number of hydrogen-bond donors (Lipinski definition) is 2. The normalized spacial score (nSPS) is 17.7. The molecule has 0 unspecified atom stereocenters. The number of carbonyl (C=O) groups excluding carboxylic acids is 3. The summed E-state index contributed by atoms with van der Waals surface area (Å²) in [4.78, 5) is 50.6. The second-order valence-corrected chi connectivity index (χ2v) is 11.8. The fourth-order valence-corrected chi connectivity index (χ4v) is 5.42. The number of nitrogens with zero attached hydrogens (tertiary/aromatic N) is 4. The van der Waals surface area contributed by atoms with Gasteiger partial charge in [-0.2, -0.15) is 0 Å². The summed E-state index contributed by atoms with van der Waals surface area (Å²) < 4.78 is 5.30. The van der Waals surface area contributed by atoms with Crippen LogP contribution >= 0.6 is 23.4 Å². The monoisotopic (exact) mass is 606 g/mol. The molecule has 42 heavy (non-hydrogen) atoms. The molecule has 2 N–H and O–H groups in total. The molecule has 0 atom stereocenters. The molecule has 2 aliphatic rings. The summed E-state index contributed by atoms with van der Waals surface area (Å²) in [6.07, 6.45) is 3.24. The van der Waals surface area contributed by atoms with Crippen molar-refractivity contribution in [3.05, 3.63) is 70.2 Å². The van der Waals surface area contributed by atoms with Gasteiger partial charge in [0.2, 0.25) is 5.91 Å². The molecule has 3 heterocycles. The standard InChI is InChI=1S/C30H31ClN6O4S/c1-19(2)18-41-30(40)37-12-10-36(11-13-37)17-27(38)33-22-6-7-23(31)25(16-22)34-29-35-28(39)26(42-29)15-20-5-8-24-21(14-20)4-3-9-32-24/h3-9,14-16,19H,10-13,17-18H2,1-2H3,(H,33,38)(H,34,35,39). The molecule has 2 aromatic carbocycles. The van der Waals surface area contributed by atoms with E-state index >= 15 is 0 Å². The minimum atomic E-state index is -0.312. The number of piperazine rings is 1. The molecule has 3 aromatic rings. The smallest absolute Gasteiger partial charge is 0.409 e. The summed E-state index contributed by atoms with van der Waals surface area (Å²) in [6, 6.07) is 14.7. The molecule has 0 aliphatic carbocycles. The first-order valence-electron chi connectivity index (χ1n) is 13.6. The summed E-state index contributed by atoms with van der Waals surface area (Å²) in [5.41, 5.74) is 2.72. The Hall–Kier alpha value is -3.93. The maximum absolute atomic E-state index is 12.8. The van der Waals surface area contributed by atoms with Crippen molar-refractivity contribution in [2.45, 2.75) is 13.8 Å². The number of halogens is 1. The molecule has 3 amide bonds. The lowest BCUT2D eigenvalue weighted by Gasteiger charge is -2.33. The number of rotatable bonds is 7. The molecule has 0 saturated carbocycles. The van der Waals surface area contributed by atoms with E-state index in [9.17, 15) is 14.4 Å². The van der Waals surface area contributed by atoms with Gasteiger partial charge in [0, 0.05) is 43.4 Å². The number of aromatic nitrogens is 1. The van der Waals surface area contributed by atoms with Crippen LogP contribution in [0.5, 0.6) is 0 Å². The van der Waals surface area contributed by atoms with E-state index < -0.39 is 0 Å². The fourth-order valence-electron chi connectivity index (χ4n) is 4.42. The zero-order valence-electron chi connectivity index (χ0n) is 23.3. The fraction of sp³-hybridized carbons (Fsp3) is 0.300. The number of anilines is 1. The molecule has 0 spiro atoms. The first-order chi connectivity index (χ1) is 20.2. The van der Waals surface area contributed by atoms with Gasteiger partial charge >= 0.3 is 6.09 Å². The van der Waals surface area contributed by atoms with E-state index in [1.165, 1.54) is 11.8 Å². The summed E-state index contributed by atoms with van der Waals surface area (Å²) in [5.74, 6) is -0.159. The molecule has 2 aliphatic heterocycles. The van der Waals surface area contributed by atoms with Gasteiger partial charge in [0.05, 0.1) is 34.3 Å². The Balaban J connectivity index is 1.17. The third kappa shape index (κ3) is 7.67. The second-order valence-electron chi connectivity index (χ2n) is 10.4. The molecule has 218 valence electrons. The number of benzene rings is 2. The number of thioether (sulfide) groups is 1. The van der Waals surface area contributed by atoms with Crippen LogP contribution in [-0.4, -0.2) is 77.2 Å². The third-order valence-electron chi connectivity index (χ3n) is 6.57. The van der Waals surface area contributed by atoms with Gasteiger partial charge in [-0.25, -0.2) is 9.79 Å². The van der Waals surface area contributed by atoms with Gasteiger partial charge in [0.15, 0.2) is 5.17 Å². The number of carbonyl (C=O) groups is 3. The Morgan fingerprint density at radius 2 is 1.98 bits per heavy atom. The number of ether oxygens (including phenoxy) is 1. The highest BCUT2D eigenvalue weighted by molar-refractivity contribution is 8.18. The summed E-state index contributed by atoms with van der Waals surface area (Å²) in [7, 11) is 0. The van der Waals surface area contributed by atoms with E-state index in [0.29, 0.717) is 59.3 Å². The number of pyridine rings is 1. The molecular weight excluding hydrogens is 576 g/mol. The highest BCUT2D eigenvalue weighted by Crippen LogP contribution is 2.33. The van der Waals surface area contributed by atoms with Crippen LogP contribution in [0.4, 0.5) is 16.2 Å². The van der Waals surface area contributed by atoms with Gasteiger partial charge < -0.3 is 20.3 Å². The van der Waals surface area contributed by atoms with Crippen molar-refractivity contribution < 1.29 is 19.1 Å². The first kappa shape index (κ1) is 29.6. The molecule has 1 aromatic heterocycles.